The van der Waals surface area contributed by atoms with Crippen LogP contribution in [-0.2, 0) is 16.2 Å². The van der Waals surface area contributed by atoms with E-state index in [1.165, 1.54) is 34.6 Å². The number of carbonyl (C=O) groups excluding carboxylic acids is 1. The molecule has 1 fully saturated rings. The molecule has 0 aliphatic carbocycles. The van der Waals surface area contributed by atoms with Crippen molar-refractivity contribution >= 4 is 21.6 Å². The number of amides is 1. The van der Waals surface area contributed by atoms with Crippen LogP contribution in [0.1, 0.15) is 35.2 Å². The number of benzene rings is 2. The lowest BCUT2D eigenvalue weighted by molar-refractivity contribution is -0.137. The van der Waals surface area contributed by atoms with Gasteiger partial charge in [-0.1, -0.05) is 12.5 Å². The standard InChI is InChI=1S/C19H19F3N2O3S/c20-19(21,22)15-6-4-5-14(13-15)18(25)23-16-7-9-17(10-8-16)28(26,27)24-11-2-1-3-12-24/h4-10,13H,1-3,11-12H2,(H,23,25). The van der Waals surface area contributed by atoms with Gasteiger partial charge in [0.05, 0.1) is 10.5 Å². The highest BCUT2D eigenvalue weighted by molar-refractivity contribution is 7.89. The molecule has 150 valence electrons. The van der Waals surface area contributed by atoms with Gasteiger partial charge >= 0.3 is 6.18 Å². The van der Waals surface area contributed by atoms with E-state index in [0.29, 0.717) is 18.8 Å². The van der Waals surface area contributed by atoms with Gasteiger partial charge in [-0.3, -0.25) is 4.79 Å². The molecule has 3 rings (SSSR count). The van der Waals surface area contributed by atoms with Gasteiger partial charge in [-0.15, -0.1) is 0 Å². The molecule has 0 bridgehead atoms. The number of nitrogens with one attached hydrogen (secondary N) is 1. The summed E-state index contributed by atoms with van der Waals surface area (Å²) in [5, 5.41) is 2.48. The van der Waals surface area contributed by atoms with Crippen molar-refractivity contribution in [1.29, 1.82) is 0 Å². The van der Waals surface area contributed by atoms with Crippen LogP contribution in [0.5, 0.6) is 0 Å². The Balaban J connectivity index is 1.73. The van der Waals surface area contributed by atoms with Crippen LogP contribution >= 0.6 is 0 Å². The second-order valence-electron chi connectivity index (χ2n) is 6.52. The second kappa shape index (κ2) is 7.92. The van der Waals surface area contributed by atoms with Crippen LogP contribution < -0.4 is 5.32 Å². The number of halogens is 3. The summed E-state index contributed by atoms with van der Waals surface area (Å²) < 4.78 is 65.0. The van der Waals surface area contributed by atoms with Gasteiger partial charge in [-0.2, -0.15) is 17.5 Å². The lowest BCUT2D eigenvalue weighted by atomic mass is 10.1. The molecule has 2 aromatic rings. The minimum Gasteiger partial charge on any atom is -0.322 e. The summed E-state index contributed by atoms with van der Waals surface area (Å²) in [5.74, 6) is -0.710. The fraction of sp³-hybridized carbons (Fsp3) is 0.316. The van der Waals surface area contributed by atoms with Crippen molar-refractivity contribution in [2.24, 2.45) is 0 Å². The Morgan fingerprint density at radius 3 is 2.21 bits per heavy atom. The van der Waals surface area contributed by atoms with Crippen molar-refractivity contribution in [3.8, 4) is 0 Å². The van der Waals surface area contributed by atoms with Crippen LogP contribution in [-0.4, -0.2) is 31.7 Å². The highest BCUT2D eigenvalue weighted by Crippen LogP contribution is 2.29. The van der Waals surface area contributed by atoms with Crippen molar-refractivity contribution in [2.75, 3.05) is 18.4 Å². The molecule has 0 saturated carbocycles. The Labute approximate surface area is 161 Å². The number of piperidine rings is 1. The number of rotatable bonds is 4. The highest BCUT2D eigenvalue weighted by Gasteiger charge is 2.31. The Morgan fingerprint density at radius 2 is 1.61 bits per heavy atom. The summed E-state index contributed by atoms with van der Waals surface area (Å²) >= 11 is 0. The molecule has 0 spiro atoms. The van der Waals surface area contributed by atoms with E-state index in [2.05, 4.69) is 5.32 Å². The van der Waals surface area contributed by atoms with Crippen molar-refractivity contribution in [3.63, 3.8) is 0 Å². The molecule has 2 aromatic carbocycles. The first-order chi connectivity index (χ1) is 13.2. The Morgan fingerprint density at radius 1 is 0.964 bits per heavy atom. The summed E-state index contributed by atoms with van der Waals surface area (Å²) in [4.78, 5) is 12.3. The number of alkyl halides is 3. The first-order valence-corrected chi connectivity index (χ1v) is 10.2. The van der Waals surface area contributed by atoms with E-state index >= 15 is 0 Å². The van der Waals surface area contributed by atoms with Crippen molar-refractivity contribution in [3.05, 3.63) is 59.7 Å². The molecule has 0 radical (unpaired) electrons. The van der Waals surface area contributed by atoms with Gasteiger partial charge in [-0.25, -0.2) is 8.42 Å². The molecular weight excluding hydrogens is 393 g/mol. The lowest BCUT2D eigenvalue weighted by Gasteiger charge is -2.25. The maximum absolute atomic E-state index is 12.8. The normalized spacial score (nSPS) is 16.0. The zero-order chi connectivity index (χ0) is 20.4. The molecule has 5 nitrogen and oxygen atoms in total. The Bertz CT molecular complexity index is 951. The maximum Gasteiger partial charge on any atom is 0.416 e. The number of anilines is 1. The van der Waals surface area contributed by atoms with E-state index in [1.807, 2.05) is 0 Å². The maximum atomic E-state index is 12.8. The smallest absolute Gasteiger partial charge is 0.322 e. The van der Waals surface area contributed by atoms with Crippen molar-refractivity contribution in [2.45, 2.75) is 30.3 Å². The molecule has 1 heterocycles. The van der Waals surface area contributed by atoms with E-state index in [0.717, 1.165) is 37.5 Å². The fourth-order valence-electron chi connectivity index (χ4n) is 3.00. The largest absolute Gasteiger partial charge is 0.416 e. The first kappa shape index (κ1) is 20.3. The van der Waals surface area contributed by atoms with Crippen LogP contribution in [0.2, 0.25) is 0 Å². The van der Waals surface area contributed by atoms with Crippen LogP contribution in [0.3, 0.4) is 0 Å². The van der Waals surface area contributed by atoms with Gasteiger partial charge in [0.25, 0.3) is 5.91 Å². The van der Waals surface area contributed by atoms with Gasteiger partial charge in [0, 0.05) is 24.3 Å². The summed E-state index contributed by atoms with van der Waals surface area (Å²) in [5.41, 5.74) is -0.761. The van der Waals surface area contributed by atoms with Gasteiger partial charge in [0.2, 0.25) is 10.0 Å². The molecule has 1 amide bonds. The van der Waals surface area contributed by atoms with Crippen LogP contribution in [0, 0.1) is 0 Å². The van der Waals surface area contributed by atoms with Crippen LogP contribution in [0.15, 0.2) is 53.4 Å². The predicted octanol–water partition coefficient (Wildman–Crippen LogP) is 4.13. The average molecular weight is 412 g/mol. The molecule has 0 aromatic heterocycles. The van der Waals surface area contributed by atoms with Crippen LogP contribution in [0.25, 0.3) is 0 Å². The van der Waals surface area contributed by atoms with E-state index in [9.17, 15) is 26.4 Å². The molecular formula is C19H19F3N2O3S. The van der Waals surface area contributed by atoms with E-state index in [1.54, 1.807) is 0 Å². The molecule has 1 aliphatic rings. The van der Waals surface area contributed by atoms with E-state index < -0.39 is 27.7 Å². The summed E-state index contributed by atoms with van der Waals surface area (Å²) in [6, 6.07) is 9.69. The van der Waals surface area contributed by atoms with Crippen molar-refractivity contribution in [1.82, 2.24) is 4.31 Å². The predicted molar refractivity (Wildman–Crippen MR) is 98.4 cm³/mol. The highest BCUT2D eigenvalue weighted by atomic mass is 32.2. The lowest BCUT2D eigenvalue weighted by Crippen LogP contribution is -2.35. The monoisotopic (exact) mass is 412 g/mol. The number of sulfonamides is 1. The fourth-order valence-corrected chi connectivity index (χ4v) is 4.52. The van der Waals surface area contributed by atoms with Gasteiger partial charge in [-0.05, 0) is 55.3 Å². The third-order valence-corrected chi connectivity index (χ3v) is 6.43. The minimum absolute atomic E-state index is 0.117. The summed E-state index contributed by atoms with van der Waals surface area (Å²) in [6.45, 7) is 0.965. The molecule has 0 atom stereocenters. The molecule has 1 N–H and O–H groups in total. The molecule has 9 heteroatoms. The van der Waals surface area contributed by atoms with Gasteiger partial charge in [0.15, 0.2) is 0 Å². The zero-order valence-corrected chi connectivity index (χ0v) is 15.7. The second-order valence-corrected chi connectivity index (χ2v) is 8.46. The van der Waals surface area contributed by atoms with Gasteiger partial charge in [0.1, 0.15) is 0 Å². The number of hydrogen-bond acceptors (Lipinski definition) is 3. The number of hydrogen-bond donors (Lipinski definition) is 1. The van der Waals surface area contributed by atoms with E-state index in [4.69, 9.17) is 0 Å². The third-order valence-electron chi connectivity index (χ3n) is 4.52. The summed E-state index contributed by atoms with van der Waals surface area (Å²) in [7, 11) is -3.59. The molecule has 1 aliphatic heterocycles. The Kier molecular flexibility index (Phi) is 5.76. The average Bonchev–Trinajstić information content (AvgIpc) is 2.68. The number of nitrogens with zero attached hydrogens (tertiary/aromatic N) is 1. The topological polar surface area (TPSA) is 66.5 Å². The summed E-state index contributed by atoms with van der Waals surface area (Å²) in [6.07, 6.45) is -1.89. The molecule has 28 heavy (non-hydrogen) atoms. The SMILES string of the molecule is O=C(Nc1ccc(S(=O)(=O)N2CCCCC2)cc1)c1cccc(C(F)(F)F)c1. The minimum atomic E-state index is -4.54. The Hall–Kier alpha value is -2.39. The first-order valence-electron chi connectivity index (χ1n) is 8.77. The molecule has 0 unspecified atom stereocenters. The quantitative estimate of drug-likeness (QED) is 0.821. The van der Waals surface area contributed by atoms with Crippen molar-refractivity contribution < 1.29 is 26.4 Å². The van der Waals surface area contributed by atoms with Gasteiger partial charge < -0.3 is 5.32 Å². The third kappa shape index (κ3) is 4.53. The van der Waals surface area contributed by atoms with Crippen LogP contribution in [0.4, 0.5) is 18.9 Å². The zero-order valence-electron chi connectivity index (χ0n) is 14.9. The molecule has 1 saturated heterocycles. The van der Waals surface area contributed by atoms with E-state index in [-0.39, 0.29) is 10.5 Å². The number of carbonyl (C=O) groups is 1.